The van der Waals surface area contributed by atoms with Gasteiger partial charge in [0.1, 0.15) is 12.6 Å². The highest BCUT2D eigenvalue weighted by atomic mass is 16.5. The van der Waals surface area contributed by atoms with E-state index in [9.17, 15) is 9.59 Å². The van der Waals surface area contributed by atoms with Gasteiger partial charge in [-0.05, 0) is 34.6 Å². The van der Waals surface area contributed by atoms with Crippen molar-refractivity contribution in [1.29, 1.82) is 0 Å². The van der Waals surface area contributed by atoms with Crippen molar-refractivity contribution >= 4 is 11.8 Å². The number of carbonyl (C=O) groups excluding carboxylic acids is 2. The Balaban J connectivity index is 4.08. The third kappa shape index (κ3) is 6.94. The van der Waals surface area contributed by atoms with Crippen LogP contribution in [0.25, 0.3) is 0 Å². The molecule has 0 aliphatic carbocycles. The molecule has 0 aromatic carbocycles. The molecule has 0 aliphatic rings. The summed E-state index contributed by atoms with van der Waals surface area (Å²) in [6.45, 7) is 9.77. The summed E-state index contributed by atoms with van der Waals surface area (Å²) in [7, 11) is 1.71. The number of nitrogens with one attached hydrogen (secondary N) is 1. The van der Waals surface area contributed by atoms with Crippen LogP contribution >= 0.6 is 0 Å². The summed E-state index contributed by atoms with van der Waals surface area (Å²) in [5, 5.41) is 2.61. The molecule has 1 atom stereocenters. The van der Waals surface area contributed by atoms with Crippen LogP contribution in [0.15, 0.2) is 0 Å². The highest BCUT2D eigenvalue weighted by Crippen LogP contribution is 2.05. The summed E-state index contributed by atoms with van der Waals surface area (Å²) >= 11 is 0. The molecule has 0 bridgehead atoms. The zero-order valence-corrected chi connectivity index (χ0v) is 11.7. The molecule has 0 fully saturated rings. The van der Waals surface area contributed by atoms with Crippen LogP contribution in [0.3, 0.4) is 0 Å². The summed E-state index contributed by atoms with van der Waals surface area (Å²) < 4.78 is 5.32. The first-order chi connectivity index (χ1) is 7.67. The zero-order valence-electron chi connectivity index (χ0n) is 11.7. The van der Waals surface area contributed by atoms with Crippen molar-refractivity contribution in [1.82, 2.24) is 10.2 Å². The summed E-state index contributed by atoms with van der Waals surface area (Å²) in [6.07, 6.45) is 0. The summed E-state index contributed by atoms with van der Waals surface area (Å²) in [5.74, 6) is -0.373. The molecule has 0 aromatic rings. The molecule has 0 saturated heterocycles. The summed E-state index contributed by atoms with van der Waals surface area (Å²) in [5.41, 5.74) is -0.356. The Morgan fingerprint density at radius 1 is 1.35 bits per heavy atom. The van der Waals surface area contributed by atoms with Crippen LogP contribution in [0.1, 0.15) is 34.6 Å². The van der Waals surface area contributed by atoms with Crippen LogP contribution in [0.4, 0.5) is 0 Å². The van der Waals surface area contributed by atoms with E-state index in [1.54, 1.807) is 18.9 Å². The lowest BCUT2D eigenvalue weighted by molar-refractivity contribution is -0.137. The molecule has 0 spiro atoms. The van der Waals surface area contributed by atoms with Crippen molar-refractivity contribution in [2.75, 3.05) is 20.2 Å². The van der Waals surface area contributed by atoms with Crippen LogP contribution in [-0.2, 0) is 14.3 Å². The maximum absolute atomic E-state index is 11.7. The molecule has 5 heteroatoms. The van der Waals surface area contributed by atoms with E-state index in [-0.39, 0.29) is 24.0 Å². The van der Waals surface area contributed by atoms with E-state index in [1.165, 1.54) is 0 Å². The van der Waals surface area contributed by atoms with Crippen LogP contribution in [0, 0.1) is 0 Å². The maximum atomic E-state index is 11.7. The molecule has 0 radical (unpaired) electrons. The van der Waals surface area contributed by atoms with E-state index in [0.29, 0.717) is 6.54 Å². The lowest BCUT2D eigenvalue weighted by Gasteiger charge is -2.22. The molecule has 0 rings (SSSR count). The second-order valence-electron chi connectivity index (χ2n) is 5.04. The van der Waals surface area contributed by atoms with Crippen molar-refractivity contribution in [3.05, 3.63) is 0 Å². The van der Waals surface area contributed by atoms with Crippen molar-refractivity contribution in [2.24, 2.45) is 0 Å². The third-order valence-electron chi connectivity index (χ3n) is 2.23. The van der Waals surface area contributed by atoms with Gasteiger partial charge in [0, 0.05) is 13.6 Å². The first-order valence-electron chi connectivity index (χ1n) is 5.85. The van der Waals surface area contributed by atoms with Crippen LogP contribution < -0.4 is 5.32 Å². The van der Waals surface area contributed by atoms with Crippen molar-refractivity contribution in [3.8, 4) is 0 Å². The van der Waals surface area contributed by atoms with Gasteiger partial charge in [0.2, 0.25) is 11.8 Å². The predicted octanol–water partition coefficient (Wildman–Crippen LogP) is 0.785. The molecule has 5 nitrogen and oxygen atoms in total. The summed E-state index contributed by atoms with van der Waals surface area (Å²) in [6, 6.07) is -0.518. The normalized spacial score (nSPS) is 13.1. The smallest absolute Gasteiger partial charge is 0.246 e. The molecule has 1 unspecified atom stereocenters. The van der Waals surface area contributed by atoms with Gasteiger partial charge in [0.25, 0.3) is 0 Å². The minimum atomic E-state index is -0.518. The van der Waals surface area contributed by atoms with E-state index >= 15 is 0 Å². The SMILES string of the molecule is CCN(C)C(=O)C(C)NC(=O)COC(C)(C)C. The number of amides is 2. The number of nitrogens with zero attached hydrogens (tertiary/aromatic N) is 1. The average molecular weight is 244 g/mol. The zero-order chi connectivity index (χ0) is 13.6. The summed E-state index contributed by atoms with van der Waals surface area (Å²) in [4.78, 5) is 24.8. The molecular weight excluding hydrogens is 220 g/mol. The van der Waals surface area contributed by atoms with Crippen molar-refractivity contribution < 1.29 is 14.3 Å². The first kappa shape index (κ1) is 15.9. The third-order valence-corrected chi connectivity index (χ3v) is 2.23. The van der Waals surface area contributed by atoms with E-state index in [1.807, 2.05) is 27.7 Å². The molecule has 1 N–H and O–H groups in total. The Bertz CT molecular complexity index is 271. The largest absolute Gasteiger partial charge is 0.366 e. The Kier molecular flexibility index (Phi) is 6.16. The quantitative estimate of drug-likeness (QED) is 0.777. The molecule has 0 heterocycles. The molecule has 0 aromatic heterocycles. The molecular formula is C12H24N2O3. The highest BCUT2D eigenvalue weighted by molar-refractivity contribution is 5.87. The number of likely N-dealkylation sites (N-methyl/N-ethyl adjacent to an activating group) is 1. The standard InChI is InChI=1S/C12H24N2O3/c1-7-14(6)11(16)9(2)13-10(15)8-17-12(3,4)5/h9H,7-8H2,1-6H3,(H,13,15). The van der Waals surface area contributed by atoms with Gasteiger partial charge >= 0.3 is 0 Å². The fourth-order valence-corrected chi connectivity index (χ4v) is 1.11. The maximum Gasteiger partial charge on any atom is 0.246 e. The minimum Gasteiger partial charge on any atom is -0.366 e. The van der Waals surface area contributed by atoms with E-state index in [4.69, 9.17) is 4.74 Å². The van der Waals surface area contributed by atoms with Crippen molar-refractivity contribution in [2.45, 2.75) is 46.3 Å². The lowest BCUT2D eigenvalue weighted by atomic mass is 10.2. The van der Waals surface area contributed by atoms with Gasteiger partial charge in [-0.3, -0.25) is 9.59 Å². The Hall–Kier alpha value is -1.10. The minimum absolute atomic E-state index is 0.0308. The van der Waals surface area contributed by atoms with E-state index in [2.05, 4.69) is 5.32 Å². The topological polar surface area (TPSA) is 58.6 Å². The average Bonchev–Trinajstić information content (AvgIpc) is 2.23. The van der Waals surface area contributed by atoms with E-state index in [0.717, 1.165) is 0 Å². The molecule has 0 saturated carbocycles. The Labute approximate surface area is 103 Å². The van der Waals surface area contributed by atoms with Gasteiger partial charge in [-0.25, -0.2) is 0 Å². The van der Waals surface area contributed by atoms with Crippen LogP contribution in [-0.4, -0.2) is 48.6 Å². The number of ether oxygens (including phenoxy) is 1. The Morgan fingerprint density at radius 2 is 1.88 bits per heavy atom. The fourth-order valence-electron chi connectivity index (χ4n) is 1.11. The van der Waals surface area contributed by atoms with Gasteiger partial charge in [0.05, 0.1) is 5.60 Å². The predicted molar refractivity (Wildman–Crippen MR) is 66.6 cm³/mol. The molecule has 17 heavy (non-hydrogen) atoms. The molecule has 0 aliphatic heterocycles. The molecule has 2 amide bonds. The fraction of sp³-hybridized carbons (Fsp3) is 0.833. The van der Waals surface area contributed by atoms with Gasteiger partial charge in [0.15, 0.2) is 0 Å². The van der Waals surface area contributed by atoms with Gasteiger partial charge in [-0.15, -0.1) is 0 Å². The van der Waals surface area contributed by atoms with Crippen molar-refractivity contribution in [3.63, 3.8) is 0 Å². The van der Waals surface area contributed by atoms with E-state index < -0.39 is 6.04 Å². The van der Waals surface area contributed by atoms with Gasteiger partial charge < -0.3 is 15.0 Å². The lowest BCUT2D eigenvalue weighted by Crippen LogP contribution is -2.47. The first-order valence-corrected chi connectivity index (χ1v) is 5.85. The number of hydrogen-bond donors (Lipinski definition) is 1. The number of hydrogen-bond acceptors (Lipinski definition) is 3. The van der Waals surface area contributed by atoms with Gasteiger partial charge in [-0.1, -0.05) is 0 Å². The highest BCUT2D eigenvalue weighted by Gasteiger charge is 2.19. The van der Waals surface area contributed by atoms with Gasteiger partial charge in [-0.2, -0.15) is 0 Å². The van der Waals surface area contributed by atoms with Crippen LogP contribution in [0.5, 0.6) is 0 Å². The second kappa shape index (κ2) is 6.59. The number of rotatable bonds is 5. The molecule has 100 valence electrons. The number of carbonyl (C=O) groups is 2. The Morgan fingerprint density at radius 3 is 2.29 bits per heavy atom. The monoisotopic (exact) mass is 244 g/mol. The second-order valence-corrected chi connectivity index (χ2v) is 5.04. The van der Waals surface area contributed by atoms with Crippen LogP contribution in [0.2, 0.25) is 0 Å².